The lowest BCUT2D eigenvalue weighted by Crippen LogP contribution is -2.32. The number of carbonyl (C=O) groups is 1. The highest BCUT2D eigenvalue weighted by molar-refractivity contribution is 7.14. The number of hydrogen-bond donors (Lipinski definition) is 2. The zero-order chi connectivity index (χ0) is 22.3. The average Bonchev–Trinajstić information content (AvgIpc) is 3.49. The van der Waals surface area contributed by atoms with E-state index in [4.69, 9.17) is 9.15 Å². The molecule has 0 unspecified atom stereocenters. The Hall–Kier alpha value is -3.92. The van der Waals surface area contributed by atoms with Gasteiger partial charge in [-0.1, -0.05) is 0 Å². The number of nitrogens with one attached hydrogen (secondary N) is 2. The van der Waals surface area contributed by atoms with Gasteiger partial charge in [-0.25, -0.2) is 9.67 Å². The maximum atomic E-state index is 12.4. The lowest BCUT2D eigenvalue weighted by Gasteiger charge is -2.07. The molecule has 10 heteroatoms. The molecule has 9 nitrogen and oxygen atoms in total. The molecule has 0 atom stereocenters. The summed E-state index contributed by atoms with van der Waals surface area (Å²) in [7, 11) is 0. The molecule has 0 aliphatic heterocycles. The van der Waals surface area contributed by atoms with Gasteiger partial charge in [0.2, 0.25) is 0 Å². The molecular weight excluding hydrogens is 430 g/mol. The smallest absolute Gasteiger partial charge is 0.270 e. The molecule has 0 saturated carbocycles. The van der Waals surface area contributed by atoms with Gasteiger partial charge in [-0.2, -0.15) is 5.10 Å². The number of nitrogens with zero attached hydrogens (tertiary/aromatic N) is 3. The van der Waals surface area contributed by atoms with Crippen molar-refractivity contribution in [1.29, 1.82) is 0 Å². The largest absolute Gasteiger partial charge is 0.494 e. The van der Waals surface area contributed by atoms with Crippen LogP contribution in [0.25, 0.3) is 11.5 Å². The van der Waals surface area contributed by atoms with Crippen molar-refractivity contribution in [3.05, 3.63) is 76.2 Å². The fourth-order valence-electron chi connectivity index (χ4n) is 2.89. The van der Waals surface area contributed by atoms with E-state index in [-0.39, 0.29) is 24.6 Å². The second-order valence-corrected chi connectivity index (χ2v) is 7.49. The number of amides is 1. The van der Waals surface area contributed by atoms with Crippen molar-refractivity contribution in [1.82, 2.24) is 20.1 Å². The molecule has 1 amide bonds. The van der Waals surface area contributed by atoms with Gasteiger partial charge in [0.15, 0.2) is 10.9 Å². The lowest BCUT2D eigenvalue weighted by molar-refractivity contribution is 0.0947. The summed E-state index contributed by atoms with van der Waals surface area (Å²) in [6.45, 7) is 2.99. The van der Waals surface area contributed by atoms with Crippen molar-refractivity contribution < 1.29 is 13.9 Å². The summed E-state index contributed by atoms with van der Waals surface area (Å²) in [5.41, 5.74) is 1.43. The summed E-state index contributed by atoms with van der Waals surface area (Å²) in [4.78, 5) is 28.8. The Bertz CT molecular complexity index is 1230. The van der Waals surface area contributed by atoms with Crippen LogP contribution in [0.4, 0.5) is 10.8 Å². The maximum Gasteiger partial charge on any atom is 0.270 e. The first-order chi connectivity index (χ1) is 15.6. The predicted molar refractivity (Wildman–Crippen MR) is 122 cm³/mol. The third-order valence-electron chi connectivity index (χ3n) is 4.40. The van der Waals surface area contributed by atoms with Crippen LogP contribution in [-0.2, 0) is 6.54 Å². The van der Waals surface area contributed by atoms with Gasteiger partial charge in [0.05, 0.1) is 19.4 Å². The Morgan fingerprint density at radius 2 is 2.03 bits per heavy atom. The summed E-state index contributed by atoms with van der Waals surface area (Å²) < 4.78 is 12.0. The highest BCUT2D eigenvalue weighted by Crippen LogP contribution is 2.23. The molecule has 2 N–H and O–H groups in total. The first-order valence-corrected chi connectivity index (χ1v) is 10.9. The van der Waals surface area contributed by atoms with Gasteiger partial charge in [-0.3, -0.25) is 9.59 Å². The van der Waals surface area contributed by atoms with E-state index in [0.29, 0.717) is 28.9 Å². The summed E-state index contributed by atoms with van der Waals surface area (Å²) in [5.74, 6) is 1.04. The number of ether oxygens (including phenoxy) is 1. The van der Waals surface area contributed by atoms with Crippen LogP contribution in [0, 0.1) is 0 Å². The summed E-state index contributed by atoms with van der Waals surface area (Å²) in [6, 6.07) is 14.0. The van der Waals surface area contributed by atoms with E-state index in [2.05, 4.69) is 20.7 Å². The third-order valence-corrected chi connectivity index (χ3v) is 5.16. The van der Waals surface area contributed by atoms with Crippen molar-refractivity contribution in [2.75, 3.05) is 18.5 Å². The minimum Gasteiger partial charge on any atom is -0.494 e. The van der Waals surface area contributed by atoms with Crippen LogP contribution in [0.3, 0.4) is 0 Å². The van der Waals surface area contributed by atoms with Crippen LogP contribution >= 0.6 is 11.3 Å². The van der Waals surface area contributed by atoms with Gasteiger partial charge >= 0.3 is 0 Å². The van der Waals surface area contributed by atoms with E-state index in [9.17, 15) is 9.59 Å². The van der Waals surface area contributed by atoms with E-state index in [1.165, 1.54) is 22.1 Å². The average molecular weight is 452 g/mol. The number of benzene rings is 1. The van der Waals surface area contributed by atoms with Crippen LogP contribution in [0.5, 0.6) is 5.75 Å². The second-order valence-electron chi connectivity index (χ2n) is 6.63. The molecular formula is C22H21N5O4S. The molecule has 0 aliphatic rings. The normalized spacial score (nSPS) is 10.7. The fourth-order valence-corrected chi connectivity index (χ4v) is 3.60. The van der Waals surface area contributed by atoms with Crippen molar-refractivity contribution in [2.24, 2.45) is 0 Å². The molecule has 0 spiro atoms. The number of hydrogen-bond acceptors (Lipinski definition) is 8. The first-order valence-electron chi connectivity index (χ1n) is 9.98. The summed E-state index contributed by atoms with van der Waals surface area (Å²) in [5, 5.41) is 12.5. The number of carbonyl (C=O) groups excluding carboxylic acids is 1. The number of furan rings is 1. The zero-order valence-corrected chi connectivity index (χ0v) is 18.1. The predicted octanol–water partition coefficient (Wildman–Crippen LogP) is 3.53. The molecule has 1 aromatic carbocycles. The molecule has 0 fully saturated rings. The van der Waals surface area contributed by atoms with E-state index in [1.807, 2.05) is 31.2 Å². The van der Waals surface area contributed by atoms with Gasteiger partial charge < -0.3 is 19.8 Å². The van der Waals surface area contributed by atoms with Crippen LogP contribution in [0.15, 0.2) is 69.4 Å². The molecule has 0 radical (unpaired) electrons. The molecule has 3 aromatic heterocycles. The van der Waals surface area contributed by atoms with Crippen molar-refractivity contribution in [3.63, 3.8) is 0 Å². The van der Waals surface area contributed by atoms with E-state index < -0.39 is 0 Å². The van der Waals surface area contributed by atoms with Crippen molar-refractivity contribution in [3.8, 4) is 17.2 Å². The van der Waals surface area contributed by atoms with Crippen LogP contribution < -0.4 is 20.9 Å². The molecule has 164 valence electrons. The van der Waals surface area contributed by atoms with Crippen LogP contribution in [0.1, 0.15) is 17.4 Å². The number of aromatic nitrogens is 3. The lowest BCUT2D eigenvalue weighted by atomic mass is 10.3. The zero-order valence-electron chi connectivity index (χ0n) is 17.3. The van der Waals surface area contributed by atoms with Gasteiger partial charge in [0.1, 0.15) is 17.1 Å². The van der Waals surface area contributed by atoms with Crippen LogP contribution in [0.2, 0.25) is 0 Å². The van der Waals surface area contributed by atoms with Gasteiger partial charge in [-0.15, -0.1) is 11.3 Å². The SMILES string of the molecule is CCOc1ccc(Nc2nc(C(=O)NCCn3nc(-c4ccco4)ccc3=O)cs2)cc1. The minimum atomic E-state index is -0.323. The Balaban J connectivity index is 1.32. The van der Waals surface area contributed by atoms with Gasteiger partial charge in [-0.05, 0) is 49.4 Å². The van der Waals surface area contributed by atoms with Crippen molar-refractivity contribution >= 4 is 28.1 Å². The highest BCUT2D eigenvalue weighted by atomic mass is 32.1. The quantitative estimate of drug-likeness (QED) is 0.400. The molecule has 0 aliphatic carbocycles. The number of thiazole rings is 1. The van der Waals surface area contributed by atoms with Crippen molar-refractivity contribution in [2.45, 2.75) is 13.5 Å². The standard InChI is InChI=1S/C22H21N5O4S/c1-2-30-16-7-5-15(6-8-16)24-22-25-18(14-32-22)21(29)23-11-12-27-20(28)10-9-17(26-27)19-4-3-13-31-19/h3-10,13-14H,2,11-12H2,1H3,(H,23,29)(H,24,25). The van der Waals surface area contributed by atoms with E-state index in [1.54, 1.807) is 29.8 Å². The van der Waals surface area contributed by atoms with Gasteiger partial charge in [0, 0.05) is 23.7 Å². The monoisotopic (exact) mass is 451 g/mol. The fraction of sp³-hybridized carbons (Fsp3) is 0.182. The van der Waals surface area contributed by atoms with Crippen LogP contribution in [-0.4, -0.2) is 33.8 Å². The topological polar surface area (TPSA) is 111 Å². The highest BCUT2D eigenvalue weighted by Gasteiger charge is 2.11. The third kappa shape index (κ3) is 5.22. The molecule has 32 heavy (non-hydrogen) atoms. The Kier molecular flexibility index (Phi) is 6.61. The van der Waals surface area contributed by atoms with E-state index in [0.717, 1.165) is 11.4 Å². The molecule has 0 bridgehead atoms. The van der Waals surface area contributed by atoms with E-state index >= 15 is 0 Å². The molecule has 4 rings (SSSR count). The first kappa shape index (κ1) is 21.3. The Morgan fingerprint density at radius 1 is 1.19 bits per heavy atom. The number of anilines is 2. The second kappa shape index (κ2) is 9.92. The maximum absolute atomic E-state index is 12.4. The van der Waals surface area contributed by atoms with Gasteiger partial charge in [0.25, 0.3) is 11.5 Å². The molecule has 4 aromatic rings. The molecule has 0 saturated heterocycles. The Morgan fingerprint density at radius 3 is 2.78 bits per heavy atom. The summed E-state index contributed by atoms with van der Waals surface area (Å²) in [6.07, 6.45) is 1.54. The minimum absolute atomic E-state index is 0.223. The molecule has 3 heterocycles. The summed E-state index contributed by atoms with van der Waals surface area (Å²) >= 11 is 1.33. The Labute approximate surface area is 187 Å². The number of rotatable bonds is 9.